The Morgan fingerprint density at radius 1 is 1.08 bits per heavy atom. The van der Waals surface area contributed by atoms with Gasteiger partial charge in [0.05, 0.1) is 0 Å². The van der Waals surface area contributed by atoms with E-state index >= 15 is 0 Å². The van der Waals surface area contributed by atoms with Gasteiger partial charge in [0, 0.05) is 30.8 Å². The van der Waals surface area contributed by atoms with Gasteiger partial charge in [-0.2, -0.15) is 0 Å². The first-order valence-electron chi connectivity index (χ1n) is 8.87. The van der Waals surface area contributed by atoms with Crippen molar-refractivity contribution < 1.29 is 9.59 Å². The Bertz CT molecular complexity index is 579. The van der Waals surface area contributed by atoms with E-state index in [9.17, 15) is 9.59 Å². The highest BCUT2D eigenvalue weighted by atomic mass is 32.1. The first-order chi connectivity index (χ1) is 11.9. The molecule has 0 spiro atoms. The van der Waals surface area contributed by atoms with Gasteiger partial charge in [0.25, 0.3) is 5.91 Å². The van der Waals surface area contributed by atoms with Gasteiger partial charge in [-0.1, -0.05) is 27.7 Å². The SMILES string of the molecule is CCCN(CCC)C(=O)c1ccc(NC(=S)NC(=O)CC(C)C)cc1. The third kappa shape index (κ3) is 7.65. The molecule has 0 saturated carbocycles. The van der Waals surface area contributed by atoms with E-state index in [-0.39, 0.29) is 22.8 Å². The number of anilines is 1. The summed E-state index contributed by atoms with van der Waals surface area (Å²) in [6.45, 7) is 9.62. The molecule has 0 heterocycles. The zero-order chi connectivity index (χ0) is 18.8. The molecule has 0 aromatic heterocycles. The van der Waals surface area contributed by atoms with Crippen molar-refractivity contribution in [2.45, 2.75) is 47.0 Å². The summed E-state index contributed by atoms with van der Waals surface area (Å²) in [5.74, 6) is 0.222. The summed E-state index contributed by atoms with van der Waals surface area (Å²) in [6, 6.07) is 7.15. The van der Waals surface area contributed by atoms with Crippen LogP contribution in [0.15, 0.2) is 24.3 Å². The Balaban J connectivity index is 2.64. The van der Waals surface area contributed by atoms with Crippen molar-refractivity contribution in [1.82, 2.24) is 10.2 Å². The molecule has 0 radical (unpaired) electrons. The van der Waals surface area contributed by atoms with Crippen LogP contribution in [0.25, 0.3) is 0 Å². The second-order valence-corrected chi connectivity index (χ2v) is 6.88. The van der Waals surface area contributed by atoms with E-state index in [1.54, 1.807) is 24.3 Å². The number of carbonyl (C=O) groups is 2. The summed E-state index contributed by atoms with van der Waals surface area (Å²) in [5, 5.41) is 5.89. The first kappa shape index (κ1) is 21.1. The van der Waals surface area contributed by atoms with Crippen molar-refractivity contribution in [1.29, 1.82) is 0 Å². The molecule has 0 unspecified atom stereocenters. The van der Waals surface area contributed by atoms with Crippen LogP contribution in [0.3, 0.4) is 0 Å². The predicted molar refractivity (Wildman–Crippen MR) is 107 cm³/mol. The first-order valence-corrected chi connectivity index (χ1v) is 9.28. The average Bonchev–Trinajstić information content (AvgIpc) is 2.53. The lowest BCUT2D eigenvalue weighted by Crippen LogP contribution is -2.34. The van der Waals surface area contributed by atoms with Crippen LogP contribution in [0, 0.1) is 5.92 Å². The Kier molecular flexibility index (Phi) is 9.13. The Labute approximate surface area is 156 Å². The molecule has 1 rings (SSSR count). The molecular weight excluding hydrogens is 334 g/mol. The quantitative estimate of drug-likeness (QED) is 0.690. The number of nitrogens with one attached hydrogen (secondary N) is 2. The van der Waals surface area contributed by atoms with Crippen molar-refractivity contribution in [3.05, 3.63) is 29.8 Å². The van der Waals surface area contributed by atoms with Crippen molar-refractivity contribution in [2.75, 3.05) is 18.4 Å². The summed E-state index contributed by atoms with van der Waals surface area (Å²) in [7, 11) is 0. The highest BCUT2D eigenvalue weighted by Gasteiger charge is 2.14. The highest BCUT2D eigenvalue weighted by Crippen LogP contribution is 2.12. The molecule has 0 saturated heterocycles. The molecule has 1 aromatic carbocycles. The monoisotopic (exact) mass is 363 g/mol. The number of rotatable bonds is 8. The van der Waals surface area contributed by atoms with E-state index in [4.69, 9.17) is 12.2 Å². The molecule has 1 aromatic rings. The van der Waals surface area contributed by atoms with Crippen LogP contribution in [0.1, 0.15) is 57.3 Å². The molecule has 0 aliphatic heterocycles. The third-order valence-electron chi connectivity index (χ3n) is 3.51. The van der Waals surface area contributed by atoms with Crippen LogP contribution in [-0.4, -0.2) is 34.9 Å². The molecule has 138 valence electrons. The van der Waals surface area contributed by atoms with Crippen LogP contribution in [0.2, 0.25) is 0 Å². The van der Waals surface area contributed by atoms with Gasteiger partial charge < -0.3 is 15.5 Å². The fraction of sp³-hybridized carbons (Fsp3) is 0.526. The number of thiocarbonyl (C=S) groups is 1. The minimum atomic E-state index is -0.103. The van der Waals surface area contributed by atoms with Gasteiger partial charge in [0.1, 0.15) is 0 Å². The van der Waals surface area contributed by atoms with E-state index in [0.29, 0.717) is 12.0 Å². The number of hydrogen-bond acceptors (Lipinski definition) is 3. The Morgan fingerprint density at radius 3 is 2.12 bits per heavy atom. The second kappa shape index (κ2) is 10.8. The number of benzene rings is 1. The lowest BCUT2D eigenvalue weighted by Gasteiger charge is -2.21. The van der Waals surface area contributed by atoms with E-state index in [1.807, 2.05) is 18.7 Å². The van der Waals surface area contributed by atoms with Gasteiger partial charge in [-0.05, 0) is 55.2 Å². The van der Waals surface area contributed by atoms with Crippen LogP contribution >= 0.6 is 12.2 Å². The molecule has 6 heteroatoms. The van der Waals surface area contributed by atoms with Crippen LogP contribution < -0.4 is 10.6 Å². The summed E-state index contributed by atoms with van der Waals surface area (Å²) < 4.78 is 0. The van der Waals surface area contributed by atoms with Crippen LogP contribution in [0.5, 0.6) is 0 Å². The zero-order valence-corrected chi connectivity index (χ0v) is 16.4. The molecular formula is C19H29N3O2S. The molecule has 5 nitrogen and oxygen atoms in total. The molecule has 2 N–H and O–H groups in total. The number of carbonyl (C=O) groups excluding carboxylic acids is 2. The fourth-order valence-electron chi connectivity index (χ4n) is 2.44. The molecule has 2 amide bonds. The summed E-state index contributed by atoms with van der Waals surface area (Å²) in [5.41, 5.74) is 1.39. The minimum absolute atomic E-state index is 0.0445. The smallest absolute Gasteiger partial charge is 0.253 e. The van der Waals surface area contributed by atoms with Gasteiger partial charge in [0.15, 0.2) is 5.11 Å². The van der Waals surface area contributed by atoms with Gasteiger partial charge in [-0.3, -0.25) is 9.59 Å². The molecule has 0 bridgehead atoms. The topological polar surface area (TPSA) is 61.4 Å². The predicted octanol–water partition coefficient (Wildman–Crippen LogP) is 3.81. The van der Waals surface area contributed by atoms with Crippen molar-refractivity contribution in [2.24, 2.45) is 5.92 Å². The van der Waals surface area contributed by atoms with Gasteiger partial charge >= 0.3 is 0 Å². The van der Waals surface area contributed by atoms with Gasteiger partial charge in [-0.25, -0.2) is 0 Å². The summed E-state index contributed by atoms with van der Waals surface area (Å²) >= 11 is 5.14. The molecule has 0 aliphatic rings. The number of hydrogen-bond donors (Lipinski definition) is 2. The Hall–Kier alpha value is -1.95. The number of nitrogens with zero attached hydrogens (tertiary/aromatic N) is 1. The van der Waals surface area contributed by atoms with Crippen molar-refractivity contribution >= 4 is 34.8 Å². The van der Waals surface area contributed by atoms with E-state index < -0.39 is 0 Å². The van der Waals surface area contributed by atoms with Crippen molar-refractivity contribution in [3.63, 3.8) is 0 Å². The fourth-order valence-corrected chi connectivity index (χ4v) is 2.68. The largest absolute Gasteiger partial charge is 0.339 e. The van der Waals surface area contributed by atoms with Gasteiger partial charge in [0.2, 0.25) is 5.91 Å². The number of amides is 2. The van der Waals surface area contributed by atoms with Crippen LogP contribution in [-0.2, 0) is 4.79 Å². The maximum Gasteiger partial charge on any atom is 0.253 e. The molecule has 0 atom stereocenters. The third-order valence-corrected chi connectivity index (χ3v) is 3.71. The highest BCUT2D eigenvalue weighted by molar-refractivity contribution is 7.80. The molecule has 25 heavy (non-hydrogen) atoms. The lowest BCUT2D eigenvalue weighted by atomic mass is 10.1. The maximum absolute atomic E-state index is 12.5. The van der Waals surface area contributed by atoms with Gasteiger partial charge in [-0.15, -0.1) is 0 Å². The normalized spacial score (nSPS) is 10.4. The second-order valence-electron chi connectivity index (χ2n) is 6.47. The zero-order valence-electron chi connectivity index (χ0n) is 15.6. The minimum Gasteiger partial charge on any atom is -0.339 e. The lowest BCUT2D eigenvalue weighted by molar-refractivity contribution is -0.120. The van der Waals surface area contributed by atoms with E-state index in [0.717, 1.165) is 31.6 Å². The molecule has 0 aliphatic carbocycles. The van der Waals surface area contributed by atoms with Crippen LogP contribution in [0.4, 0.5) is 5.69 Å². The summed E-state index contributed by atoms with van der Waals surface area (Å²) in [4.78, 5) is 26.1. The maximum atomic E-state index is 12.5. The summed E-state index contributed by atoms with van der Waals surface area (Å²) in [6.07, 6.45) is 2.31. The van der Waals surface area contributed by atoms with E-state index in [1.165, 1.54) is 0 Å². The average molecular weight is 364 g/mol. The molecule has 0 fully saturated rings. The standard InChI is InChI=1S/C19H29N3O2S/c1-5-11-22(12-6-2)18(24)15-7-9-16(10-8-15)20-19(25)21-17(23)13-14(3)4/h7-10,14H,5-6,11-13H2,1-4H3,(H2,20,21,23,25). The van der Waals surface area contributed by atoms with Crippen molar-refractivity contribution in [3.8, 4) is 0 Å². The van der Waals surface area contributed by atoms with E-state index in [2.05, 4.69) is 24.5 Å². The Morgan fingerprint density at radius 2 is 1.64 bits per heavy atom.